The van der Waals surface area contributed by atoms with Crippen molar-refractivity contribution in [1.29, 1.82) is 0 Å². The van der Waals surface area contributed by atoms with Crippen LogP contribution < -0.4 is 18.3 Å². The van der Waals surface area contributed by atoms with Crippen LogP contribution in [0.25, 0.3) is 91.4 Å². The molecule has 9 heterocycles. The number of aromatic amines is 2. The van der Waals surface area contributed by atoms with Gasteiger partial charge in [-0.15, -0.1) is 0 Å². The number of H-pyrrole nitrogens is 2. The molecule has 8 bridgehead atoms. The molecule has 0 aromatic carbocycles. The molecule has 0 amide bonds. The molecule has 9 rings (SSSR count). The van der Waals surface area contributed by atoms with Crippen LogP contribution in [0.3, 0.4) is 0 Å². The molecule has 0 fully saturated rings. The van der Waals surface area contributed by atoms with E-state index >= 15 is 0 Å². The first-order valence-corrected chi connectivity index (χ1v) is 19.7. The number of pyridine rings is 4. The summed E-state index contributed by atoms with van der Waals surface area (Å²) in [5.74, 6) is 0. The van der Waals surface area contributed by atoms with E-state index in [1.165, 1.54) is 0 Å². The summed E-state index contributed by atoms with van der Waals surface area (Å²) >= 11 is 0. The normalized spacial score (nSPS) is 12.1. The lowest BCUT2D eigenvalue weighted by atomic mass is 10.1. The molecular weight excluding hydrogens is 689 g/mol. The second-order valence-corrected chi connectivity index (χ2v) is 14.0. The molecule has 8 heteroatoms. The summed E-state index contributed by atoms with van der Waals surface area (Å²) in [6, 6.07) is 34.4. The molecule has 0 radical (unpaired) electrons. The highest BCUT2D eigenvalue weighted by molar-refractivity contribution is 5.98. The fourth-order valence-electron chi connectivity index (χ4n) is 8.20. The van der Waals surface area contributed by atoms with Crippen molar-refractivity contribution in [1.82, 2.24) is 19.9 Å². The van der Waals surface area contributed by atoms with E-state index in [0.717, 1.165) is 116 Å². The highest BCUT2D eigenvalue weighted by atomic mass is 15.0. The zero-order valence-electron chi connectivity index (χ0n) is 32.4. The molecule has 56 heavy (non-hydrogen) atoms. The van der Waals surface area contributed by atoms with Gasteiger partial charge in [-0.05, 0) is 101 Å². The average molecular weight is 735 g/mol. The Labute approximate surface area is 327 Å². The van der Waals surface area contributed by atoms with Gasteiger partial charge in [-0.1, -0.05) is 0 Å². The lowest BCUT2D eigenvalue weighted by Gasteiger charge is -2.06. The number of hydrogen-bond acceptors (Lipinski definition) is 2. The third-order valence-corrected chi connectivity index (χ3v) is 10.9. The third-order valence-electron chi connectivity index (χ3n) is 10.9. The van der Waals surface area contributed by atoms with E-state index in [4.69, 9.17) is 9.97 Å². The molecule has 274 valence electrons. The van der Waals surface area contributed by atoms with Gasteiger partial charge in [-0.3, -0.25) is 0 Å². The number of hydrogen-bond donors (Lipinski definition) is 2. The van der Waals surface area contributed by atoms with Crippen molar-refractivity contribution in [2.45, 2.75) is 53.9 Å². The summed E-state index contributed by atoms with van der Waals surface area (Å²) in [6.45, 7) is 12.0. The highest BCUT2D eigenvalue weighted by Gasteiger charge is 2.27. The van der Waals surface area contributed by atoms with Crippen LogP contribution in [0, 0.1) is 0 Å². The van der Waals surface area contributed by atoms with E-state index in [1.54, 1.807) is 0 Å². The lowest BCUT2D eigenvalue weighted by molar-refractivity contribution is -0.683. The van der Waals surface area contributed by atoms with E-state index in [-0.39, 0.29) is 0 Å². The van der Waals surface area contributed by atoms with Crippen LogP contribution in [-0.2, 0) is 26.2 Å². The van der Waals surface area contributed by atoms with Gasteiger partial charge >= 0.3 is 0 Å². The number of nitrogens with zero attached hydrogens (tertiary/aromatic N) is 6. The molecule has 0 saturated heterocycles. The van der Waals surface area contributed by atoms with Gasteiger partial charge in [0.05, 0.1) is 67.1 Å². The maximum Gasteiger partial charge on any atom is 0.216 e. The summed E-state index contributed by atoms with van der Waals surface area (Å²) in [6.07, 6.45) is 17.2. The van der Waals surface area contributed by atoms with Gasteiger partial charge in [0.25, 0.3) is 0 Å². The minimum absolute atomic E-state index is 0.811. The summed E-state index contributed by atoms with van der Waals surface area (Å²) in [5, 5.41) is 0. The van der Waals surface area contributed by atoms with Gasteiger partial charge in [0, 0.05) is 48.5 Å². The number of aryl methyl sites for hydroxylation is 4. The molecule has 0 aliphatic carbocycles. The van der Waals surface area contributed by atoms with E-state index in [1.807, 2.05) is 0 Å². The SMILES string of the molecule is CC[n+]1ccccc1-c1c2nc(c(-c3cccc[n+]3CC)c3ccc([nH]3)c(-c3cccc[n+]3CC)c3ccc([nH]3)c(-c3cccc[n+]3CC)c3nc1C=C3)C=C2. The van der Waals surface area contributed by atoms with Crippen LogP contribution in [0.1, 0.15) is 50.5 Å². The molecule has 0 saturated carbocycles. The van der Waals surface area contributed by atoms with Crippen LogP contribution >= 0.6 is 0 Å². The van der Waals surface area contributed by atoms with E-state index in [0.29, 0.717) is 0 Å². The first-order chi connectivity index (χ1) is 27.6. The quantitative estimate of drug-likeness (QED) is 0.154. The first kappa shape index (κ1) is 34.9. The van der Waals surface area contributed by atoms with Crippen LogP contribution in [0.4, 0.5) is 0 Å². The minimum Gasteiger partial charge on any atom is -0.354 e. The summed E-state index contributed by atoms with van der Waals surface area (Å²) in [5.41, 5.74) is 16.1. The van der Waals surface area contributed by atoms with Crippen molar-refractivity contribution in [3.05, 3.63) is 145 Å². The van der Waals surface area contributed by atoms with Crippen molar-refractivity contribution < 1.29 is 18.3 Å². The maximum absolute atomic E-state index is 5.51. The fraction of sp³-hybridized carbons (Fsp3) is 0.167. The van der Waals surface area contributed by atoms with Gasteiger partial charge < -0.3 is 9.97 Å². The van der Waals surface area contributed by atoms with Gasteiger partial charge in [-0.2, -0.15) is 18.3 Å². The topological polar surface area (TPSA) is 72.9 Å². The number of rotatable bonds is 8. The molecule has 7 aromatic heterocycles. The van der Waals surface area contributed by atoms with E-state index < -0.39 is 0 Å². The lowest BCUT2D eigenvalue weighted by Crippen LogP contribution is -2.34. The Morgan fingerprint density at radius 3 is 0.982 bits per heavy atom. The minimum atomic E-state index is 0.811. The van der Waals surface area contributed by atoms with Crippen molar-refractivity contribution in [3.63, 3.8) is 0 Å². The zero-order chi connectivity index (χ0) is 38.2. The summed E-state index contributed by atoms with van der Waals surface area (Å²) in [4.78, 5) is 18.9. The molecule has 7 aromatic rings. The Kier molecular flexibility index (Phi) is 9.23. The van der Waals surface area contributed by atoms with Crippen molar-refractivity contribution >= 4 is 46.4 Å². The van der Waals surface area contributed by atoms with Gasteiger partial charge in [0.2, 0.25) is 22.8 Å². The van der Waals surface area contributed by atoms with Crippen LogP contribution in [0.15, 0.2) is 122 Å². The number of fused-ring (bicyclic) bond motifs is 8. The monoisotopic (exact) mass is 734 g/mol. The van der Waals surface area contributed by atoms with Crippen molar-refractivity contribution in [2.24, 2.45) is 0 Å². The Bertz CT molecular complexity index is 2730. The summed E-state index contributed by atoms with van der Waals surface area (Å²) in [7, 11) is 0. The standard InChI is InChI=1S/C48H45N8/c1-5-53-29-13-9-17-41(53)45-33-21-23-35(49-33)46(42-18-10-14-30-54(42)6-2)37-25-27-39(51-37)48(44-20-12-16-32-56(44)8-4)40-28-26-38(52-40)47(36-24-22-34(45)50-36)43-19-11-15-31-55(43)7-3/h9-32H,5-8H2,1-4H3,(H,49,50,51,52)/q+3/p+1. The highest BCUT2D eigenvalue weighted by Crippen LogP contribution is 2.36. The summed E-state index contributed by atoms with van der Waals surface area (Å²) < 4.78 is 9.14. The van der Waals surface area contributed by atoms with Crippen molar-refractivity contribution in [3.8, 4) is 45.0 Å². The Morgan fingerprint density at radius 1 is 0.357 bits per heavy atom. The molecule has 2 aliphatic heterocycles. The van der Waals surface area contributed by atoms with Crippen LogP contribution in [0.5, 0.6) is 0 Å². The molecule has 0 spiro atoms. The zero-order valence-corrected chi connectivity index (χ0v) is 32.4. The van der Waals surface area contributed by atoms with E-state index in [9.17, 15) is 0 Å². The molecule has 2 N–H and O–H groups in total. The average Bonchev–Trinajstić information content (AvgIpc) is 4.10. The Hall–Kier alpha value is -6.80. The Morgan fingerprint density at radius 2 is 0.643 bits per heavy atom. The van der Waals surface area contributed by atoms with Gasteiger partial charge in [0.1, 0.15) is 26.2 Å². The van der Waals surface area contributed by atoms with Crippen molar-refractivity contribution in [2.75, 3.05) is 0 Å². The number of aromatic nitrogens is 8. The van der Waals surface area contributed by atoms with E-state index in [2.05, 4.69) is 202 Å². The number of nitrogens with one attached hydrogen (secondary N) is 2. The molecular formula is C48H46N8+4. The fourth-order valence-corrected chi connectivity index (χ4v) is 8.20. The largest absolute Gasteiger partial charge is 0.354 e. The predicted molar refractivity (Wildman–Crippen MR) is 224 cm³/mol. The predicted octanol–water partition coefficient (Wildman–Crippen LogP) is 8.55. The van der Waals surface area contributed by atoms with Gasteiger partial charge in [-0.25, -0.2) is 9.97 Å². The molecule has 0 atom stereocenters. The van der Waals surface area contributed by atoms with Crippen LogP contribution in [-0.4, -0.2) is 19.9 Å². The third kappa shape index (κ3) is 6.04. The smallest absolute Gasteiger partial charge is 0.216 e. The van der Waals surface area contributed by atoms with Gasteiger partial charge in [0.15, 0.2) is 24.8 Å². The molecule has 0 unspecified atom stereocenters. The Balaban J connectivity index is 1.51. The molecule has 2 aliphatic rings. The second-order valence-electron chi connectivity index (χ2n) is 14.0. The van der Waals surface area contributed by atoms with Crippen LogP contribution in [0.2, 0.25) is 0 Å². The second kappa shape index (κ2) is 14.8. The molecule has 8 nitrogen and oxygen atoms in total. The maximum atomic E-state index is 5.51. The first-order valence-electron chi connectivity index (χ1n) is 19.7.